The summed E-state index contributed by atoms with van der Waals surface area (Å²) < 4.78 is 32.5. The third kappa shape index (κ3) is 4.17. The molecule has 0 spiro atoms. The highest BCUT2D eigenvalue weighted by atomic mass is 19.3. The summed E-state index contributed by atoms with van der Waals surface area (Å²) in [5, 5.41) is 14.4. The van der Waals surface area contributed by atoms with E-state index in [1.165, 1.54) is 0 Å². The number of carbonyl (C=O) groups excluding carboxylic acids is 1. The zero-order chi connectivity index (χ0) is 21.5. The molecule has 1 aromatic carbocycles. The minimum Gasteiger partial charge on any atom is -0.444 e. The van der Waals surface area contributed by atoms with E-state index in [-0.39, 0.29) is 11.7 Å². The average molecular weight is 416 g/mol. The number of fused-ring (bicyclic) bond motifs is 2. The second kappa shape index (κ2) is 7.51. The zero-order valence-corrected chi connectivity index (χ0v) is 16.9. The number of aromatic nitrogens is 4. The predicted octanol–water partition coefficient (Wildman–Crippen LogP) is 3.92. The van der Waals surface area contributed by atoms with Gasteiger partial charge in [-0.15, -0.1) is 15.3 Å². The Kier molecular flexibility index (Phi) is 5.00. The number of hydrogen-bond donors (Lipinski definition) is 1. The fraction of sp³-hybridized carbons (Fsp3) is 0.400. The molecule has 158 valence electrons. The molecule has 0 aliphatic carbocycles. The van der Waals surface area contributed by atoms with Gasteiger partial charge in [-0.3, -0.25) is 4.90 Å². The van der Waals surface area contributed by atoms with Crippen LogP contribution in [-0.4, -0.2) is 36.4 Å². The van der Waals surface area contributed by atoms with Gasteiger partial charge in [0.05, 0.1) is 0 Å². The Hall–Kier alpha value is -3.30. The van der Waals surface area contributed by atoms with E-state index in [2.05, 4.69) is 20.6 Å². The summed E-state index contributed by atoms with van der Waals surface area (Å²) in [6.07, 6.45) is -3.09. The molecule has 0 radical (unpaired) electrons. The van der Waals surface area contributed by atoms with E-state index in [0.29, 0.717) is 25.5 Å². The number of nitrogens with zero attached hydrogens (tertiary/aromatic N) is 5. The number of nitrogens with one attached hydrogen (secondary N) is 1. The highest BCUT2D eigenvalue weighted by molar-refractivity contribution is 5.69. The molecular formula is C20H22F2N6O2. The molecule has 0 unspecified atom stereocenters. The van der Waals surface area contributed by atoms with Gasteiger partial charge in [-0.1, -0.05) is 18.2 Å². The van der Waals surface area contributed by atoms with E-state index in [4.69, 9.17) is 4.74 Å². The lowest BCUT2D eigenvalue weighted by molar-refractivity contribution is 0.0242. The number of amides is 1. The van der Waals surface area contributed by atoms with E-state index < -0.39 is 17.9 Å². The summed E-state index contributed by atoms with van der Waals surface area (Å²) in [5.74, 6) is -0.0616. The van der Waals surface area contributed by atoms with Crippen molar-refractivity contribution >= 4 is 17.6 Å². The van der Waals surface area contributed by atoms with Crippen molar-refractivity contribution in [2.45, 2.75) is 52.4 Å². The molecule has 0 atom stereocenters. The lowest BCUT2D eigenvalue weighted by Crippen LogP contribution is -2.33. The topological polar surface area (TPSA) is 84.6 Å². The number of rotatable bonds is 4. The van der Waals surface area contributed by atoms with Gasteiger partial charge < -0.3 is 10.1 Å². The van der Waals surface area contributed by atoms with Crippen molar-refractivity contribution in [3.63, 3.8) is 0 Å². The van der Waals surface area contributed by atoms with Crippen LogP contribution in [0.3, 0.4) is 0 Å². The molecule has 2 aromatic heterocycles. The van der Waals surface area contributed by atoms with Gasteiger partial charge in [0, 0.05) is 19.6 Å². The largest absolute Gasteiger partial charge is 0.444 e. The Morgan fingerprint density at radius 2 is 1.93 bits per heavy atom. The normalized spacial score (nSPS) is 13.7. The molecule has 8 nitrogen and oxygen atoms in total. The van der Waals surface area contributed by atoms with Crippen LogP contribution in [0.1, 0.15) is 49.7 Å². The van der Waals surface area contributed by atoms with E-state index in [0.717, 1.165) is 21.2 Å². The predicted molar refractivity (Wildman–Crippen MR) is 105 cm³/mol. The second-order valence-corrected chi connectivity index (χ2v) is 8.14. The van der Waals surface area contributed by atoms with Crippen LogP contribution >= 0.6 is 0 Å². The summed E-state index contributed by atoms with van der Waals surface area (Å²) in [4.78, 5) is 14.0. The van der Waals surface area contributed by atoms with E-state index in [1.54, 1.807) is 17.0 Å². The Morgan fingerprint density at radius 1 is 1.17 bits per heavy atom. The molecule has 1 N–H and O–H groups in total. The first-order valence-electron chi connectivity index (χ1n) is 9.52. The SMILES string of the molecule is CC(C)(C)OC(=O)N1Cc2ccc(CNc3ccc4nnc(C(F)F)n4n3)cc2C1. The second-order valence-electron chi connectivity index (χ2n) is 8.14. The number of benzene rings is 1. The van der Waals surface area contributed by atoms with Gasteiger partial charge in [0.2, 0.25) is 5.82 Å². The number of anilines is 1. The monoisotopic (exact) mass is 416 g/mol. The fourth-order valence-electron chi connectivity index (χ4n) is 3.24. The van der Waals surface area contributed by atoms with Gasteiger partial charge >= 0.3 is 6.09 Å². The van der Waals surface area contributed by atoms with Crippen molar-refractivity contribution in [3.8, 4) is 0 Å². The van der Waals surface area contributed by atoms with Crippen molar-refractivity contribution in [1.82, 2.24) is 24.7 Å². The highest BCUT2D eigenvalue weighted by Crippen LogP contribution is 2.26. The van der Waals surface area contributed by atoms with Crippen LogP contribution in [-0.2, 0) is 24.4 Å². The smallest absolute Gasteiger partial charge is 0.410 e. The van der Waals surface area contributed by atoms with Crippen LogP contribution in [0.2, 0.25) is 0 Å². The van der Waals surface area contributed by atoms with E-state index in [9.17, 15) is 13.6 Å². The fourth-order valence-corrected chi connectivity index (χ4v) is 3.24. The van der Waals surface area contributed by atoms with E-state index in [1.807, 2.05) is 39.0 Å². The maximum absolute atomic E-state index is 13.0. The van der Waals surface area contributed by atoms with Gasteiger partial charge in [0.15, 0.2) is 5.65 Å². The Labute approximate surface area is 171 Å². The molecule has 0 fully saturated rings. The Morgan fingerprint density at radius 3 is 2.67 bits per heavy atom. The summed E-state index contributed by atoms with van der Waals surface area (Å²) in [7, 11) is 0. The van der Waals surface area contributed by atoms with Crippen molar-refractivity contribution < 1.29 is 18.3 Å². The van der Waals surface area contributed by atoms with Gasteiger partial charge in [-0.05, 0) is 49.6 Å². The number of halogens is 2. The third-order valence-electron chi connectivity index (χ3n) is 4.60. The molecule has 1 aliphatic rings. The number of hydrogen-bond acceptors (Lipinski definition) is 6. The van der Waals surface area contributed by atoms with Crippen molar-refractivity contribution in [1.29, 1.82) is 0 Å². The molecule has 3 heterocycles. The van der Waals surface area contributed by atoms with Crippen molar-refractivity contribution in [2.75, 3.05) is 5.32 Å². The standard InChI is InChI=1S/C20H22F2N6O2/c1-20(2,3)30-19(29)27-10-13-5-4-12(8-14(13)11-27)9-23-15-6-7-16-24-25-18(17(21)22)28(16)26-15/h4-8,17H,9-11H2,1-3H3,(H,23,26). The Balaban J connectivity index is 1.43. The van der Waals surface area contributed by atoms with Crippen LogP contribution in [0.4, 0.5) is 19.4 Å². The Bertz CT molecular complexity index is 1090. The van der Waals surface area contributed by atoms with Crippen LogP contribution in [0.5, 0.6) is 0 Å². The molecule has 0 saturated carbocycles. The van der Waals surface area contributed by atoms with Gasteiger partial charge in [-0.2, -0.15) is 4.52 Å². The third-order valence-corrected chi connectivity index (χ3v) is 4.60. The maximum Gasteiger partial charge on any atom is 0.410 e. The zero-order valence-electron chi connectivity index (χ0n) is 16.9. The van der Waals surface area contributed by atoms with Crippen LogP contribution < -0.4 is 5.32 Å². The summed E-state index contributed by atoms with van der Waals surface area (Å²) in [6.45, 7) is 6.97. The van der Waals surface area contributed by atoms with Crippen molar-refractivity contribution in [3.05, 3.63) is 52.8 Å². The van der Waals surface area contributed by atoms with Crippen LogP contribution in [0, 0.1) is 0 Å². The number of alkyl halides is 2. The molecule has 10 heteroatoms. The quantitative estimate of drug-likeness (QED) is 0.694. The molecule has 3 aromatic rings. The maximum atomic E-state index is 13.0. The number of carbonyl (C=O) groups is 1. The van der Waals surface area contributed by atoms with Gasteiger partial charge in [0.1, 0.15) is 11.4 Å². The summed E-state index contributed by atoms with van der Waals surface area (Å²) in [5.41, 5.74) is 2.84. The van der Waals surface area contributed by atoms with E-state index >= 15 is 0 Å². The molecule has 0 bridgehead atoms. The van der Waals surface area contributed by atoms with Crippen molar-refractivity contribution in [2.24, 2.45) is 0 Å². The molecule has 1 aliphatic heterocycles. The first kappa shape index (κ1) is 20.0. The average Bonchev–Trinajstić information content (AvgIpc) is 3.28. The van der Waals surface area contributed by atoms with Gasteiger partial charge in [0.25, 0.3) is 6.43 Å². The van der Waals surface area contributed by atoms with Crippen LogP contribution in [0.25, 0.3) is 5.65 Å². The summed E-state index contributed by atoms with van der Waals surface area (Å²) >= 11 is 0. The molecule has 4 rings (SSSR count). The molecule has 1 amide bonds. The minimum atomic E-state index is -2.76. The first-order chi connectivity index (χ1) is 14.2. The lowest BCUT2D eigenvalue weighted by Gasteiger charge is -2.24. The molecule has 30 heavy (non-hydrogen) atoms. The number of ether oxygens (including phenoxy) is 1. The minimum absolute atomic E-state index is 0.260. The molecule has 0 saturated heterocycles. The highest BCUT2D eigenvalue weighted by Gasteiger charge is 2.27. The van der Waals surface area contributed by atoms with Gasteiger partial charge in [-0.25, -0.2) is 13.6 Å². The first-order valence-corrected chi connectivity index (χ1v) is 9.52. The summed E-state index contributed by atoms with van der Waals surface area (Å²) in [6, 6.07) is 9.22. The lowest BCUT2D eigenvalue weighted by atomic mass is 10.1. The van der Waals surface area contributed by atoms with Crippen LogP contribution in [0.15, 0.2) is 30.3 Å². The molecular weight excluding hydrogens is 394 g/mol.